The summed E-state index contributed by atoms with van der Waals surface area (Å²) in [5.41, 5.74) is 2.82. The van der Waals surface area contributed by atoms with Crippen LogP contribution in [-0.2, 0) is 5.41 Å². The third-order valence-corrected chi connectivity index (χ3v) is 3.96. The lowest BCUT2D eigenvalue weighted by Crippen LogP contribution is -2.39. The summed E-state index contributed by atoms with van der Waals surface area (Å²) < 4.78 is 0. The largest absolute Gasteiger partial charge is 0.337 e. The van der Waals surface area contributed by atoms with Gasteiger partial charge >= 0.3 is 6.03 Å². The maximum atomic E-state index is 12.1. The van der Waals surface area contributed by atoms with E-state index < -0.39 is 0 Å². The van der Waals surface area contributed by atoms with Crippen molar-refractivity contribution in [3.05, 3.63) is 64.7 Å². The lowest BCUT2D eigenvalue weighted by Gasteiger charge is -2.26. The van der Waals surface area contributed by atoms with E-state index in [2.05, 4.69) is 24.5 Å². The minimum atomic E-state index is -0.198. The molecule has 2 aromatic rings. The molecule has 22 heavy (non-hydrogen) atoms. The smallest absolute Gasteiger partial charge is 0.319 e. The van der Waals surface area contributed by atoms with Crippen molar-refractivity contribution >= 4 is 23.3 Å². The van der Waals surface area contributed by atoms with Gasteiger partial charge in [0.25, 0.3) is 0 Å². The highest BCUT2D eigenvalue weighted by Crippen LogP contribution is 2.24. The number of carbonyl (C=O) groups is 1. The first kappa shape index (κ1) is 16.4. The van der Waals surface area contributed by atoms with E-state index in [1.54, 1.807) is 0 Å². The molecule has 2 N–H and O–H groups in total. The molecule has 0 unspecified atom stereocenters. The number of aryl methyl sites for hydroxylation is 1. The van der Waals surface area contributed by atoms with Crippen LogP contribution in [0.3, 0.4) is 0 Å². The van der Waals surface area contributed by atoms with E-state index in [0.29, 0.717) is 11.6 Å². The Labute approximate surface area is 136 Å². The molecule has 0 aliphatic rings. The van der Waals surface area contributed by atoms with Crippen molar-refractivity contribution in [2.24, 2.45) is 0 Å². The van der Waals surface area contributed by atoms with Gasteiger partial charge in [0.15, 0.2) is 0 Å². The predicted molar refractivity (Wildman–Crippen MR) is 92.7 cm³/mol. The molecule has 0 saturated heterocycles. The van der Waals surface area contributed by atoms with Crippen LogP contribution in [0.2, 0.25) is 5.02 Å². The molecule has 0 fully saturated rings. The molecule has 0 spiro atoms. The Morgan fingerprint density at radius 2 is 1.73 bits per heavy atom. The second kappa shape index (κ2) is 6.84. The van der Waals surface area contributed by atoms with Crippen LogP contribution in [-0.4, -0.2) is 12.6 Å². The zero-order valence-electron chi connectivity index (χ0n) is 13.1. The quantitative estimate of drug-likeness (QED) is 0.839. The van der Waals surface area contributed by atoms with Crippen LogP contribution in [0.5, 0.6) is 0 Å². The van der Waals surface area contributed by atoms with Gasteiger partial charge in [-0.3, -0.25) is 0 Å². The van der Waals surface area contributed by atoms with Gasteiger partial charge in [-0.15, -0.1) is 0 Å². The number of benzene rings is 2. The second-order valence-corrected chi connectivity index (χ2v) is 6.45. The first-order valence-electron chi connectivity index (χ1n) is 7.25. The molecule has 0 radical (unpaired) electrons. The van der Waals surface area contributed by atoms with Crippen molar-refractivity contribution < 1.29 is 4.79 Å². The fraction of sp³-hybridized carbons (Fsp3) is 0.278. The molecule has 0 aromatic heterocycles. The van der Waals surface area contributed by atoms with Crippen LogP contribution < -0.4 is 10.6 Å². The number of urea groups is 1. The van der Waals surface area contributed by atoms with E-state index in [4.69, 9.17) is 11.6 Å². The summed E-state index contributed by atoms with van der Waals surface area (Å²) in [5, 5.41) is 6.51. The summed E-state index contributed by atoms with van der Waals surface area (Å²) in [6, 6.07) is 15.2. The molecule has 116 valence electrons. The first-order chi connectivity index (χ1) is 10.4. The number of para-hydroxylation sites is 1. The Balaban J connectivity index is 1.95. The molecular weight excluding hydrogens is 296 g/mol. The molecule has 2 rings (SSSR count). The molecule has 3 nitrogen and oxygen atoms in total. The van der Waals surface area contributed by atoms with Gasteiger partial charge in [-0.2, -0.15) is 0 Å². The van der Waals surface area contributed by atoms with Gasteiger partial charge in [-0.05, 0) is 36.2 Å². The van der Waals surface area contributed by atoms with Crippen molar-refractivity contribution in [3.63, 3.8) is 0 Å². The van der Waals surface area contributed by atoms with Crippen molar-refractivity contribution in [1.82, 2.24) is 5.32 Å². The molecule has 4 heteroatoms. The molecule has 0 heterocycles. The summed E-state index contributed by atoms with van der Waals surface area (Å²) in [7, 11) is 0. The first-order valence-corrected chi connectivity index (χ1v) is 7.63. The Morgan fingerprint density at radius 1 is 1.09 bits per heavy atom. The monoisotopic (exact) mass is 316 g/mol. The van der Waals surface area contributed by atoms with E-state index in [0.717, 1.165) is 16.8 Å². The summed E-state index contributed by atoms with van der Waals surface area (Å²) in [4.78, 5) is 12.1. The molecule has 0 aliphatic carbocycles. The number of amides is 2. The number of hydrogen-bond acceptors (Lipinski definition) is 1. The van der Waals surface area contributed by atoms with Crippen molar-refractivity contribution in [1.29, 1.82) is 0 Å². The zero-order valence-corrected chi connectivity index (χ0v) is 13.9. The molecule has 2 aromatic carbocycles. The third kappa shape index (κ3) is 4.25. The van der Waals surface area contributed by atoms with Crippen molar-refractivity contribution in [3.8, 4) is 0 Å². The number of rotatable bonds is 4. The van der Waals surface area contributed by atoms with Crippen LogP contribution >= 0.6 is 11.6 Å². The molecule has 0 bridgehead atoms. The molecular formula is C18H21ClN2O. The van der Waals surface area contributed by atoms with Crippen LogP contribution in [0.4, 0.5) is 10.5 Å². The lowest BCUT2D eigenvalue weighted by molar-refractivity contribution is 0.249. The summed E-state index contributed by atoms with van der Waals surface area (Å²) in [5.74, 6) is 0. The van der Waals surface area contributed by atoms with Gasteiger partial charge in [0.05, 0.1) is 0 Å². The van der Waals surface area contributed by atoms with Gasteiger partial charge in [-0.1, -0.05) is 55.8 Å². The maximum absolute atomic E-state index is 12.1. The van der Waals surface area contributed by atoms with E-state index in [-0.39, 0.29) is 11.4 Å². The number of carbonyl (C=O) groups excluding carboxylic acids is 1. The minimum Gasteiger partial charge on any atom is -0.337 e. The summed E-state index contributed by atoms with van der Waals surface area (Å²) >= 11 is 5.91. The van der Waals surface area contributed by atoms with Gasteiger partial charge in [-0.25, -0.2) is 4.79 Å². The van der Waals surface area contributed by atoms with Crippen molar-refractivity contribution in [2.45, 2.75) is 26.2 Å². The van der Waals surface area contributed by atoms with Crippen molar-refractivity contribution in [2.75, 3.05) is 11.9 Å². The van der Waals surface area contributed by atoms with E-state index >= 15 is 0 Å². The number of anilines is 1. The zero-order chi connectivity index (χ0) is 16.2. The fourth-order valence-electron chi connectivity index (χ4n) is 2.18. The average molecular weight is 317 g/mol. The lowest BCUT2D eigenvalue weighted by atomic mass is 9.85. The second-order valence-electron chi connectivity index (χ2n) is 6.01. The molecule has 2 amide bonds. The van der Waals surface area contributed by atoms with E-state index in [1.807, 2.05) is 55.5 Å². The maximum Gasteiger partial charge on any atom is 0.319 e. The third-order valence-electron chi connectivity index (χ3n) is 3.71. The highest BCUT2D eigenvalue weighted by molar-refractivity contribution is 6.30. The fourth-order valence-corrected chi connectivity index (χ4v) is 2.31. The Hall–Kier alpha value is -2.00. The SMILES string of the molecule is Cc1ccccc1NC(=O)NCC(C)(C)c1ccc(Cl)cc1. The predicted octanol–water partition coefficient (Wildman–Crippen LogP) is 4.75. The Kier molecular flexibility index (Phi) is 5.09. The van der Waals surface area contributed by atoms with Gasteiger partial charge < -0.3 is 10.6 Å². The van der Waals surface area contributed by atoms with Crippen LogP contribution in [0.25, 0.3) is 0 Å². The number of nitrogens with one attached hydrogen (secondary N) is 2. The topological polar surface area (TPSA) is 41.1 Å². The van der Waals surface area contributed by atoms with Crippen LogP contribution in [0, 0.1) is 6.92 Å². The molecule has 0 aliphatic heterocycles. The number of halogens is 1. The van der Waals surface area contributed by atoms with Gasteiger partial charge in [0.1, 0.15) is 0 Å². The minimum absolute atomic E-state index is 0.173. The van der Waals surface area contributed by atoms with Crippen LogP contribution in [0.1, 0.15) is 25.0 Å². The highest BCUT2D eigenvalue weighted by atomic mass is 35.5. The Bertz CT molecular complexity index is 650. The summed E-state index contributed by atoms with van der Waals surface area (Å²) in [6.45, 7) is 6.67. The molecule has 0 saturated carbocycles. The highest BCUT2D eigenvalue weighted by Gasteiger charge is 2.21. The standard InChI is InChI=1S/C18H21ClN2O/c1-13-6-4-5-7-16(13)21-17(22)20-12-18(2,3)14-8-10-15(19)11-9-14/h4-11H,12H2,1-3H3,(H2,20,21,22). The van der Waals surface area contributed by atoms with E-state index in [1.165, 1.54) is 0 Å². The van der Waals surface area contributed by atoms with Crippen LogP contribution in [0.15, 0.2) is 48.5 Å². The summed E-state index contributed by atoms with van der Waals surface area (Å²) in [6.07, 6.45) is 0. The number of hydrogen-bond donors (Lipinski definition) is 2. The normalized spacial score (nSPS) is 11.1. The molecule has 0 atom stereocenters. The average Bonchev–Trinajstić information content (AvgIpc) is 2.48. The van der Waals surface area contributed by atoms with E-state index in [9.17, 15) is 4.79 Å². The van der Waals surface area contributed by atoms with Gasteiger partial charge in [0, 0.05) is 22.7 Å². The van der Waals surface area contributed by atoms with Gasteiger partial charge in [0.2, 0.25) is 0 Å². The Morgan fingerprint density at radius 3 is 2.36 bits per heavy atom.